The number of hydrogen-bond donors (Lipinski definition) is 1. The molecule has 0 radical (unpaired) electrons. The largest absolute Gasteiger partial charge is 0.604 e. The Morgan fingerprint density at radius 2 is 1.19 bits per heavy atom. The van der Waals surface area contributed by atoms with Gasteiger partial charge in [-0.3, -0.25) is 20.2 Å². The number of hydrogen-bond acceptors (Lipinski definition) is 9. The minimum absolute atomic E-state index is 0.127. The molecule has 1 saturated heterocycles. The molecule has 2 aromatic carbocycles. The molecule has 0 amide bonds. The highest BCUT2D eigenvalue weighted by Gasteiger charge is 2.53. The van der Waals surface area contributed by atoms with Crippen molar-refractivity contribution in [2.75, 3.05) is 0 Å². The fourth-order valence-corrected chi connectivity index (χ4v) is 3.68. The van der Waals surface area contributed by atoms with Crippen LogP contribution in [-0.4, -0.2) is 9.85 Å². The van der Waals surface area contributed by atoms with Gasteiger partial charge in [-0.15, -0.1) is 0 Å². The summed E-state index contributed by atoms with van der Waals surface area (Å²) in [5.41, 5.74) is 0.623. The van der Waals surface area contributed by atoms with Gasteiger partial charge in [-0.2, -0.15) is 14.9 Å². The van der Waals surface area contributed by atoms with E-state index in [0.29, 0.717) is 11.1 Å². The zero-order chi connectivity index (χ0) is 18.9. The first-order valence-electron chi connectivity index (χ1n) is 7.17. The number of nitrogens with two attached hydrogens (primary N) is 1. The van der Waals surface area contributed by atoms with E-state index in [0.717, 1.165) is 0 Å². The second-order valence-corrected chi connectivity index (χ2v) is 6.83. The van der Waals surface area contributed by atoms with Crippen molar-refractivity contribution in [3.63, 3.8) is 0 Å². The number of benzene rings is 2. The molecule has 1 aliphatic rings. The highest BCUT2D eigenvalue weighted by molar-refractivity contribution is 7.54. The zero-order valence-corrected chi connectivity index (χ0v) is 13.9. The monoisotopic (exact) mass is 381 g/mol. The van der Waals surface area contributed by atoms with E-state index in [-0.39, 0.29) is 11.4 Å². The van der Waals surface area contributed by atoms with Gasteiger partial charge in [-0.1, -0.05) is 4.62 Å². The summed E-state index contributed by atoms with van der Waals surface area (Å²) >= 11 is 0. The molecule has 0 aliphatic carbocycles. The predicted molar refractivity (Wildman–Crippen MR) is 86.0 cm³/mol. The third kappa shape index (κ3) is 3.53. The molecule has 1 aliphatic heterocycles. The van der Waals surface area contributed by atoms with E-state index in [2.05, 4.69) is 4.62 Å². The van der Waals surface area contributed by atoms with Gasteiger partial charge >= 0.3 is 8.17 Å². The van der Waals surface area contributed by atoms with Crippen LogP contribution in [0.15, 0.2) is 48.5 Å². The first-order valence-corrected chi connectivity index (χ1v) is 8.63. The molecule has 0 bridgehead atoms. The lowest BCUT2D eigenvalue weighted by molar-refractivity contribution is -0.385. The van der Waals surface area contributed by atoms with Crippen LogP contribution >= 0.6 is 8.17 Å². The second kappa shape index (κ2) is 7.00. The number of nitrogens with zero attached hydrogens (tertiary/aromatic N) is 2. The van der Waals surface area contributed by atoms with Crippen molar-refractivity contribution in [3.8, 4) is 0 Å². The molecule has 0 spiro atoms. The van der Waals surface area contributed by atoms with E-state index in [4.69, 9.17) is 14.9 Å². The first-order chi connectivity index (χ1) is 12.3. The third-order valence-corrected chi connectivity index (χ3v) is 4.98. The molecular formula is C14H12N3O8P. The summed E-state index contributed by atoms with van der Waals surface area (Å²) in [5, 5.41) is 21.5. The Hall–Kier alpha value is -2.53. The van der Waals surface area contributed by atoms with Crippen molar-refractivity contribution < 1.29 is 28.4 Å². The number of nitro groups is 2. The summed E-state index contributed by atoms with van der Waals surface area (Å²) in [5.74, 6) is 4.98. The second-order valence-electron chi connectivity index (χ2n) is 5.30. The summed E-state index contributed by atoms with van der Waals surface area (Å²) < 4.78 is 14.9. The Bertz CT molecular complexity index is 764. The van der Waals surface area contributed by atoms with Gasteiger partial charge < -0.3 is 4.89 Å². The molecule has 11 nitrogen and oxygen atoms in total. The molecule has 1 fully saturated rings. The van der Waals surface area contributed by atoms with Crippen LogP contribution in [0, 0.1) is 20.2 Å². The van der Waals surface area contributed by atoms with Crippen LogP contribution in [0.1, 0.15) is 23.3 Å². The van der Waals surface area contributed by atoms with Crippen molar-refractivity contribution in [1.29, 1.82) is 0 Å². The maximum absolute atomic E-state index is 12.3. The smallest absolute Gasteiger partial charge is 0.404 e. The van der Waals surface area contributed by atoms with Gasteiger partial charge in [0.05, 0.1) is 9.85 Å². The molecule has 3 rings (SSSR count). The van der Waals surface area contributed by atoms with Crippen molar-refractivity contribution in [1.82, 2.24) is 0 Å². The molecular weight excluding hydrogens is 369 g/mol. The van der Waals surface area contributed by atoms with Gasteiger partial charge in [0.25, 0.3) is 11.4 Å². The topological polar surface area (TPSA) is 163 Å². The van der Waals surface area contributed by atoms with Crippen molar-refractivity contribution in [3.05, 3.63) is 79.9 Å². The maximum Gasteiger partial charge on any atom is 0.404 e. The summed E-state index contributed by atoms with van der Waals surface area (Å²) in [6.07, 6.45) is -1.88. The molecule has 2 aromatic rings. The van der Waals surface area contributed by atoms with Gasteiger partial charge in [0.15, 0.2) is 12.2 Å². The Balaban J connectivity index is 1.95. The predicted octanol–water partition coefficient (Wildman–Crippen LogP) is 2.26. The highest BCUT2D eigenvalue weighted by Crippen LogP contribution is 2.67. The number of phosphoric acid groups is 1. The van der Waals surface area contributed by atoms with E-state index >= 15 is 0 Å². The molecule has 12 heteroatoms. The van der Waals surface area contributed by atoms with E-state index in [1.165, 1.54) is 48.5 Å². The number of non-ortho nitro benzene ring substituents is 2. The maximum atomic E-state index is 12.3. The lowest BCUT2D eigenvalue weighted by Crippen LogP contribution is -2.16. The van der Waals surface area contributed by atoms with Crippen LogP contribution in [0.3, 0.4) is 0 Å². The van der Waals surface area contributed by atoms with Gasteiger partial charge in [0.1, 0.15) is 0 Å². The number of rotatable bonds is 5. The lowest BCUT2D eigenvalue weighted by Gasteiger charge is -2.15. The normalized spacial score (nSPS) is 25.2. The average Bonchev–Trinajstić information content (AvgIpc) is 3.00. The third-order valence-electron chi connectivity index (χ3n) is 3.75. The van der Waals surface area contributed by atoms with E-state index in [9.17, 15) is 25.1 Å². The Morgan fingerprint density at radius 1 is 0.846 bits per heavy atom. The number of phosphoric ester groups is 1. The van der Waals surface area contributed by atoms with Gasteiger partial charge in [0.2, 0.25) is 0 Å². The van der Waals surface area contributed by atoms with Crippen LogP contribution in [0.5, 0.6) is 0 Å². The van der Waals surface area contributed by atoms with Crippen molar-refractivity contribution in [2.24, 2.45) is 5.90 Å². The minimum atomic E-state index is -4.05. The zero-order valence-electron chi connectivity index (χ0n) is 13.0. The van der Waals surface area contributed by atoms with Gasteiger partial charge in [0, 0.05) is 24.3 Å². The highest BCUT2D eigenvalue weighted by atomic mass is 31.2. The van der Waals surface area contributed by atoms with Crippen LogP contribution in [0.4, 0.5) is 11.4 Å². The van der Waals surface area contributed by atoms with Crippen LogP contribution in [-0.2, 0) is 13.7 Å². The Morgan fingerprint density at radius 3 is 1.46 bits per heavy atom. The molecule has 2 atom stereocenters. The van der Waals surface area contributed by atoms with Crippen molar-refractivity contribution >= 4 is 19.5 Å². The van der Waals surface area contributed by atoms with Crippen LogP contribution in [0.2, 0.25) is 0 Å². The first kappa shape index (κ1) is 18.3. The molecule has 26 heavy (non-hydrogen) atoms. The van der Waals surface area contributed by atoms with Crippen molar-refractivity contribution in [2.45, 2.75) is 12.2 Å². The quantitative estimate of drug-likeness (QED) is 0.465. The Kier molecular flexibility index (Phi) is 4.92. The molecule has 1 heterocycles. The van der Waals surface area contributed by atoms with E-state index in [1.54, 1.807) is 0 Å². The molecule has 2 unspecified atom stereocenters. The molecule has 0 aromatic heterocycles. The average molecular weight is 381 g/mol. The fraction of sp³-hybridized carbons (Fsp3) is 0.143. The number of nitro benzene ring substituents is 2. The van der Waals surface area contributed by atoms with Gasteiger partial charge in [-0.25, -0.2) is 0 Å². The van der Waals surface area contributed by atoms with E-state index < -0.39 is 30.2 Å². The van der Waals surface area contributed by atoms with Crippen LogP contribution in [0.25, 0.3) is 0 Å². The standard InChI is InChI=1S/C14H12N3O8P/c15-25-26(22)23-13(9-1-5-11(6-2-9)16(18)19)14(24-26)10-3-7-12(8-4-10)17(20)21/h1-8,13-14H,15H2. The SMILES string of the molecule is NO[P+]1([O-])OC(c2ccc([N+](=O)[O-])cc2)C(c2ccc([N+](=O)[O-])cc2)O1. The summed E-state index contributed by atoms with van der Waals surface area (Å²) in [6.45, 7) is 0. The van der Waals surface area contributed by atoms with E-state index in [1.807, 2.05) is 0 Å². The molecule has 0 saturated carbocycles. The van der Waals surface area contributed by atoms with Gasteiger partial charge in [-0.05, 0) is 35.4 Å². The summed E-state index contributed by atoms with van der Waals surface area (Å²) in [7, 11) is -4.05. The lowest BCUT2D eigenvalue weighted by atomic mass is 9.98. The minimum Gasteiger partial charge on any atom is -0.604 e. The molecule has 136 valence electrons. The van der Waals surface area contributed by atoms with Crippen LogP contribution < -0.4 is 10.8 Å². The Labute approximate surface area is 146 Å². The fourth-order valence-electron chi connectivity index (χ4n) is 2.51. The summed E-state index contributed by atoms with van der Waals surface area (Å²) in [4.78, 5) is 32.7. The molecule has 2 N–H and O–H groups in total. The summed E-state index contributed by atoms with van der Waals surface area (Å²) in [6, 6.07) is 10.8.